The molecule has 0 amide bonds. The third kappa shape index (κ3) is 2.94. The van der Waals surface area contributed by atoms with Gasteiger partial charge < -0.3 is 10.1 Å². The lowest BCUT2D eigenvalue weighted by Crippen LogP contribution is -2.21. The maximum atomic E-state index is 11.8. The molecule has 2 heterocycles. The number of hydrogen-bond donors (Lipinski definition) is 1. The van der Waals surface area contributed by atoms with Gasteiger partial charge >= 0.3 is 0 Å². The van der Waals surface area contributed by atoms with E-state index in [1.807, 2.05) is 14.0 Å². The predicted octanol–water partition coefficient (Wildman–Crippen LogP) is 1.46. The lowest BCUT2D eigenvalue weighted by Gasteiger charge is -2.10. The van der Waals surface area contributed by atoms with Crippen LogP contribution in [0.4, 0.5) is 5.69 Å². The standard InChI is InChI=1S/C13H18BrN5O2/c1-5-9-8(13(21-4)19(3)17-9)6-15-10-7-16-18(2)12(20)11(10)14/h7,15H,5-6H2,1-4H3. The van der Waals surface area contributed by atoms with Gasteiger partial charge in [-0.25, -0.2) is 9.36 Å². The molecule has 0 bridgehead atoms. The van der Waals surface area contributed by atoms with E-state index >= 15 is 0 Å². The normalized spacial score (nSPS) is 10.7. The van der Waals surface area contributed by atoms with E-state index in [2.05, 4.69) is 31.4 Å². The number of nitrogens with one attached hydrogen (secondary N) is 1. The molecule has 0 fully saturated rings. The summed E-state index contributed by atoms with van der Waals surface area (Å²) in [6.45, 7) is 2.55. The minimum absolute atomic E-state index is 0.186. The number of hydrogen-bond acceptors (Lipinski definition) is 5. The molecule has 0 saturated heterocycles. The molecule has 0 saturated carbocycles. The summed E-state index contributed by atoms with van der Waals surface area (Å²) < 4.78 is 8.84. The molecule has 0 radical (unpaired) electrons. The first-order chi connectivity index (χ1) is 9.99. The number of aromatic nitrogens is 4. The van der Waals surface area contributed by atoms with Crippen LogP contribution in [0.2, 0.25) is 0 Å². The first-order valence-corrected chi connectivity index (χ1v) is 7.33. The molecule has 21 heavy (non-hydrogen) atoms. The second-order valence-electron chi connectivity index (χ2n) is 4.57. The highest BCUT2D eigenvalue weighted by atomic mass is 79.9. The van der Waals surface area contributed by atoms with Crippen molar-refractivity contribution >= 4 is 21.6 Å². The molecule has 0 unspecified atom stereocenters. The maximum absolute atomic E-state index is 11.8. The average Bonchev–Trinajstić information content (AvgIpc) is 2.79. The van der Waals surface area contributed by atoms with Crippen LogP contribution in [-0.4, -0.2) is 26.7 Å². The van der Waals surface area contributed by atoms with Crippen LogP contribution in [0.15, 0.2) is 15.5 Å². The second kappa shape index (κ2) is 6.30. The quantitative estimate of drug-likeness (QED) is 0.878. The Morgan fingerprint density at radius 3 is 2.71 bits per heavy atom. The van der Waals surface area contributed by atoms with E-state index in [1.165, 1.54) is 4.68 Å². The SMILES string of the molecule is CCc1nn(C)c(OC)c1CNc1cnn(C)c(=O)c1Br. The monoisotopic (exact) mass is 355 g/mol. The number of nitrogens with zero attached hydrogens (tertiary/aromatic N) is 4. The van der Waals surface area contributed by atoms with E-state index < -0.39 is 0 Å². The van der Waals surface area contributed by atoms with Gasteiger partial charge in [0, 0.05) is 20.6 Å². The fourth-order valence-corrected chi connectivity index (χ4v) is 2.64. The summed E-state index contributed by atoms with van der Waals surface area (Å²) in [6, 6.07) is 0. The molecule has 2 rings (SSSR count). The summed E-state index contributed by atoms with van der Waals surface area (Å²) in [4.78, 5) is 11.8. The summed E-state index contributed by atoms with van der Waals surface area (Å²) in [5, 5.41) is 11.6. The Hall–Kier alpha value is -1.83. The first kappa shape index (κ1) is 15.6. The molecule has 7 nitrogen and oxygen atoms in total. The Bertz CT molecular complexity index is 707. The Morgan fingerprint density at radius 1 is 1.38 bits per heavy atom. The van der Waals surface area contributed by atoms with Gasteiger partial charge in [0.15, 0.2) is 0 Å². The Morgan fingerprint density at radius 2 is 2.10 bits per heavy atom. The molecular weight excluding hydrogens is 338 g/mol. The van der Waals surface area contributed by atoms with Gasteiger partial charge in [-0.2, -0.15) is 10.2 Å². The molecule has 2 aromatic heterocycles. The van der Waals surface area contributed by atoms with Gasteiger partial charge in [-0.1, -0.05) is 6.92 Å². The van der Waals surface area contributed by atoms with E-state index in [-0.39, 0.29) is 5.56 Å². The van der Waals surface area contributed by atoms with Crippen molar-refractivity contribution in [1.29, 1.82) is 0 Å². The second-order valence-corrected chi connectivity index (χ2v) is 5.36. The third-order valence-electron chi connectivity index (χ3n) is 3.23. The Kier molecular flexibility index (Phi) is 4.66. The van der Waals surface area contributed by atoms with E-state index in [1.54, 1.807) is 25.0 Å². The number of aryl methyl sites for hydroxylation is 3. The minimum atomic E-state index is -0.186. The van der Waals surface area contributed by atoms with Crippen LogP contribution in [0.3, 0.4) is 0 Å². The zero-order valence-corrected chi connectivity index (χ0v) is 14.1. The van der Waals surface area contributed by atoms with Crippen molar-refractivity contribution in [3.05, 3.63) is 32.3 Å². The van der Waals surface area contributed by atoms with Crippen molar-refractivity contribution in [1.82, 2.24) is 19.6 Å². The number of halogens is 1. The number of rotatable bonds is 5. The lowest BCUT2D eigenvalue weighted by atomic mass is 10.2. The molecule has 0 aliphatic carbocycles. The van der Waals surface area contributed by atoms with Crippen LogP contribution in [0, 0.1) is 0 Å². The maximum Gasteiger partial charge on any atom is 0.282 e. The first-order valence-electron chi connectivity index (χ1n) is 6.54. The zero-order chi connectivity index (χ0) is 15.6. The molecule has 0 atom stereocenters. The van der Waals surface area contributed by atoms with Crippen molar-refractivity contribution in [2.75, 3.05) is 12.4 Å². The molecule has 8 heteroatoms. The highest BCUT2D eigenvalue weighted by Crippen LogP contribution is 2.24. The number of methoxy groups -OCH3 is 1. The summed E-state index contributed by atoms with van der Waals surface area (Å²) in [7, 11) is 5.07. The molecule has 114 valence electrons. The van der Waals surface area contributed by atoms with E-state index in [9.17, 15) is 4.79 Å². The van der Waals surface area contributed by atoms with Gasteiger partial charge in [0.05, 0.1) is 30.3 Å². The molecule has 0 aliphatic heterocycles. The van der Waals surface area contributed by atoms with Gasteiger partial charge in [-0.3, -0.25) is 4.79 Å². The zero-order valence-electron chi connectivity index (χ0n) is 12.5. The summed E-state index contributed by atoms with van der Waals surface area (Å²) in [6.07, 6.45) is 2.42. The van der Waals surface area contributed by atoms with E-state index in [0.717, 1.165) is 17.7 Å². The predicted molar refractivity (Wildman–Crippen MR) is 83.6 cm³/mol. The van der Waals surface area contributed by atoms with Gasteiger partial charge in [0.1, 0.15) is 4.47 Å². The topological polar surface area (TPSA) is 74.0 Å². The van der Waals surface area contributed by atoms with Crippen LogP contribution < -0.4 is 15.6 Å². The van der Waals surface area contributed by atoms with Gasteiger partial charge in [-0.15, -0.1) is 0 Å². The van der Waals surface area contributed by atoms with E-state index in [0.29, 0.717) is 22.6 Å². The van der Waals surface area contributed by atoms with Crippen molar-refractivity contribution in [3.63, 3.8) is 0 Å². The summed E-state index contributed by atoms with van der Waals surface area (Å²) in [5.74, 6) is 0.715. The van der Waals surface area contributed by atoms with Crippen molar-refractivity contribution in [3.8, 4) is 5.88 Å². The number of anilines is 1. The fourth-order valence-electron chi connectivity index (χ4n) is 2.14. The summed E-state index contributed by atoms with van der Waals surface area (Å²) in [5.41, 5.74) is 2.41. The summed E-state index contributed by atoms with van der Waals surface area (Å²) >= 11 is 3.29. The average molecular weight is 356 g/mol. The van der Waals surface area contributed by atoms with Gasteiger partial charge in [0.2, 0.25) is 5.88 Å². The van der Waals surface area contributed by atoms with Crippen molar-refractivity contribution in [2.24, 2.45) is 14.1 Å². The molecule has 0 spiro atoms. The lowest BCUT2D eigenvalue weighted by molar-refractivity contribution is 0.370. The van der Waals surface area contributed by atoms with Crippen molar-refractivity contribution in [2.45, 2.75) is 19.9 Å². The molecule has 0 aliphatic rings. The number of ether oxygens (including phenoxy) is 1. The Balaban J connectivity index is 2.28. The van der Waals surface area contributed by atoms with Crippen LogP contribution >= 0.6 is 15.9 Å². The largest absolute Gasteiger partial charge is 0.481 e. The van der Waals surface area contributed by atoms with Crippen LogP contribution in [0.1, 0.15) is 18.2 Å². The molecule has 2 aromatic rings. The smallest absolute Gasteiger partial charge is 0.282 e. The molecule has 1 N–H and O–H groups in total. The molecular formula is C13H18BrN5O2. The molecule has 0 aromatic carbocycles. The van der Waals surface area contributed by atoms with E-state index in [4.69, 9.17) is 4.74 Å². The highest BCUT2D eigenvalue weighted by Gasteiger charge is 2.16. The Labute approximate surface area is 131 Å². The van der Waals surface area contributed by atoms with Crippen LogP contribution in [0.25, 0.3) is 0 Å². The fraction of sp³-hybridized carbons (Fsp3) is 0.462. The van der Waals surface area contributed by atoms with Gasteiger partial charge in [0.25, 0.3) is 5.56 Å². The highest BCUT2D eigenvalue weighted by molar-refractivity contribution is 9.10. The third-order valence-corrected chi connectivity index (χ3v) is 4.00. The van der Waals surface area contributed by atoms with Crippen LogP contribution in [0.5, 0.6) is 5.88 Å². The van der Waals surface area contributed by atoms with Crippen molar-refractivity contribution < 1.29 is 4.74 Å². The van der Waals surface area contributed by atoms with Crippen LogP contribution in [-0.2, 0) is 27.1 Å². The van der Waals surface area contributed by atoms with Gasteiger partial charge in [-0.05, 0) is 22.4 Å². The minimum Gasteiger partial charge on any atom is -0.481 e.